The number of carbonyl (C=O) groups excluding carboxylic acids is 1. The molecule has 8 heteroatoms. The molecule has 0 aliphatic carbocycles. The Kier molecular flexibility index (Phi) is 8.93. The highest BCUT2D eigenvalue weighted by molar-refractivity contribution is 5.93. The number of aromatic nitrogens is 2. The number of nitrogens with one attached hydrogen (secondary N) is 1. The van der Waals surface area contributed by atoms with Crippen LogP contribution in [0.5, 0.6) is 0 Å². The molecule has 1 fully saturated rings. The minimum Gasteiger partial charge on any atom is -0.392 e. The molecule has 1 aliphatic heterocycles. The summed E-state index contributed by atoms with van der Waals surface area (Å²) < 4.78 is 12.8. The first-order chi connectivity index (χ1) is 19.5. The maximum Gasteiger partial charge on any atom is 0.271 e. The van der Waals surface area contributed by atoms with Crippen molar-refractivity contribution in [2.75, 3.05) is 20.1 Å². The number of rotatable bonds is 10. The SMILES string of the molecule is C=CCN(C)C[C@H]1C[C@@H](c2ccc(CO)cc2)O[C@@H](c2ccc(CNC(=O)c3cnc4ccccc4n3)cc2)O1. The van der Waals surface area contributed by atoms with Gasteiger partial charge < -0.3 is 24.8 Å². The smallest absolute Gasteiger partial charge is 0.271 e. The maximum absolute atomic E-state index is 12.7. The molecule has 40 heavy (non-hydrogen) atoms. The Morgan fingerprint density at radius 3 is 2.45 bits per heavy atom. The number of nitrogens with zero attached hydrogens (tertiary/aromatic N) is 3. The summed E-state index contributed by atoms with van der Waals surface area (Å²) in [5.74, 6) is -0.275. The third kappa shape index (κ3) is 6.78. The van der Waals surface area contributed by atoms with Crippen LogP contribution >= 0.6 is 0 Å². The zero-order chi connectivity index (χ0) is 27.9. The van der Waals surface area contributed by atoms with Gasteiger partial charge in [0.25, 0.3) is 5.91 Å². The minimum atomic E-state index is -0.532. The van der Waals surface area contributed by atoms with E-state index in [9.17, 15) is 9.90 Å². The normalized spacial score (nSPS) is 19.0. The number of hydrogen-bond donors (Lipinski definition) is 2. The Labute approximate surface area is 234 Å². The van der Waals surface area contributed by atoms with Crippen LogP contribution in [0.3, 0.4) is 0 Å². The number of ether oxygens (including phenoxy) is 2. The van der Waals surface area contributed by atoms with E-state index in [1.54, 1.807) is 0 Å². The van der Waals surface area contributed by atoms with Gasteiger partial charge in [-0.2, -0.15) is 0 Å². The van der Waals surface area contributed by atoms with Crippen molar-refractivity contribution in [1.82, 2.24) is 20.2 Å². The molecule has 3 atom stereocenters. The van der Waals surface area contributed by atoms with Crippen molar-refractivity contribution in [3.63, 3.8) is 0 Å². The lowest BCUT2D eigenvalue weighted by molar-refractivity contribution is -0.252. The molecule has 0 spiro atoms. The maximum atomic E-state index is 12.7. The number of likely N-dealkylation sites (N-methyl/N-ethyl adjacent to an activating group) is 1. The second-order valence-electron chi connectivity index (χ2n) is 10.0. The molecule has 1 aliphatic rings. The van der Waals surface area contributed by atoms with E-state index < -0.39 is 6.29 Å². The topological polar surface area (TPSA) is 96.8 Å². The Balaban J connectivity index is 1.25. The third-order valence-corrected chi connectivity index (χ3v) is 6.96. The van der Waals surface area contributed by atoms with Crippen LogP contribution in [0.1, 0.15) is 51.6 Å². The Morgan fingerprint density at radius 1 is 1.02 bits per heavy atom. The zero-order valence-corrected chi connectivity index (χ0v) is 22.6. The van der Waals surface area contributed by atoms with Gasteiger partial charge in [0.15, 0.2) is 6.29 Å². The standard InChI is InChI=1S/C32H34N4O4/c1-3-16-36(2)20-26-17-30(24-12-10-23(21-37)11-13-24)40-32(39-26)25-14-8-22(9-15-25)18-34-31(38)29-19-33-27-6-4-5-7-28(27)35-29/h3-15,19,26,30,32,37H,1,16-18,20-21H2,2H3,(H,34,38)/t26-,30+,32+/m1/s1. The van der Waals surface area contributed by atoms with Crippen LogP contribution in [0.2, 0.25) is 0 Å². The van der Waals surface area contributed by atoms with E-state index in [1.807, 2.05) is 85.9 Å². The summed E-state index contributed by atoms with van der Waals surface area (Å²) >= 11 is 0. The van der Waals surface area contributed by atoms with Crippen molar-refractivity contribution in [2.24, 2.45) is 0 Å². The third-order valence-electron chi connectivity index (χ3n) is 6.96. The van der Waals surface area contributed by atoms with E-state index in [4.69, 9.17) is 9.47 Å². The summed E-state index contributed by atoms with van der Waals surface area (Å²) in [7, 11) is 2.05. The summed E-state index contributed by atoms with van der Waals surface area (Å²) in [6.07, 6.45) is 3.39. The minimum absolute atomic E-state index is 0.00890. The second kappa shape index (κ2) is 12.9. The average molecular weight is 539 g/mol. The fourth-order valence-corrected chi connectivity index (χ4v) is 4.81. The highest BCUT2D eigenvalue weighted by Gasteiger charge is 2.32. The van der Waals surface area contributed by atoms with E-state index >= 15 is 0 Å². The molecule has 2 N–H and O–H groups in total. The second-order valence-corrected chi connectivity index (χ2v) is 10.0. The lowest BCUT2D eigenvalue weighted by atomic mass is 9.99. The molecule has 1 saturated heterocycles. The first kappa shape index (κ1) is 27.6. The highest BCUT2D eigenvalue weighted by Crippen LogP contribution is 2.38. The van der Waals surface area contributed by atoms with E-state index in [-0.39, 0.29) is 30.4 Å². The van der Waals surface area contributed by atoms with Crippen molar-refractivity contribution in [2.45, 2.75) is 38.1 Å². The number of fused-ring (bicyclic) bond motifs is 1. The molecule has 2 heterocycles. The number of para-hydroxylation sites is 2. The van der Waals surface area contributed by atoms with Gasteiger partial charge in [0, 0.05) is 31.6 Å². The van der Waals surface area contributed by atoms with Gasteiger partial charge in [-0.15, -0.1) is 6.58 Å². The molecule has 3 aromatic carbocycles. The van der Waals surface area contributed by atoms with Gasteiger partial charge in [-0.05, 0) is 35.9 Å². The van der Waals surface area contributed by atoms with Crippen molar-refractivity contribution in [1.29, 1.82) is 0 Å². The molecule has 0 radical (unpaired) electrons. The molecule has 0 bridgehead atoms. The summed E-state index contributed by atoms with van der Waals surface area (Å²) in [5, 5.41) is 12.3. The van der Waals surface area contributed by atoms with Gasteiger partial charge in [-0.25, -0.2) is 4.98 Å². The van der Waals surface area contributed by atoms with Crippen LogP contribution in [-0.4, -0.2) is 52.1 Å². The summed E-state index contributed by atoms with van der Waals surface area (Å²) in [6.45, 7) is 5.72. The lowest BCUT2D eigenvalue weighted by Gasteiger charge is -2.37. The van der Waals surface area contributed by atoms with Gasteiger partial charge in [0.05, 0.1) is 36.0 Å². The Hall–Kier alpha value is -3.95. The van der Waals surface area contributed by atoms with Crippen LogP contribution in [-0.2, 0) is 22.6 Å². The van der Waals surface area contributed by atoms with Crippen molar-refractivity contribution < 1.29 is 19.4 Å². The van der Waals surface area contributed by atoms with E-state index in [0.29, 0.717) is 12.1 Å². The van der Waals surface area contributed by atoms with Crippen LogP contribution in [0.4, 0.5) is 0 Å². The van der Waals surface area contributed by atoms with E-state index in [1.165, 1.54) is 6.20 Å². The number of carbonyl (C=O) groups is 1. The molecule has 1 amide bonds. The number of hydrogen-bond acceptors (Lipinski definition) is 7. The lowest BCUT2D eigenvalue weighted by Crippen LogP contribution is -2.37. The fraction of sp³-hybridized carbons (Fsp3) is 0.281. The largest absolute Gasteiger partial charge is 0.392 e. The molecule has 4 aromatic rings. The zero-order valence-electron chi connectivity index (χ0n) is 22.6. The van der Waals surface area contributed by atoms with Crippen LogP contribution in [0.15, 0.2) is 91.6 Å². The summed E-state index contributed by atoms with van der Waals surface area (Å²) in [5.41, 5.74) is 5.49. The molecular weight excluding hydrogens is 504 g/mol. The van der Waals surface area contributed by atoms with Crippen molar-refractivity contribution in [3.8, 4) is 0 Å². The molecule has 1 aromatic heterocycles. The number of aliphatic hydroxyl groups is 1. The number of amides is 1. The van der Waals surface area contributed by atoms with E-state index in [0.717, 1.165) is 47.3 Å². The Morgan fingerprint density at radius 2 is 1.73 bits per heavy atom. The van der Waals surface area contributed by atoms with Crippen LogP contribution in [0.25, 0.3) is 11.0 Å². The fourth-order valence-electron chi connectivity index (χ4n) is 4.81. The summed E-state index contributed by atoms with van der Waals surface area (Å²) in [4.78, 5) is 23.6. The molecule has 0 saturated carbocycles. The van der Waals surface area contributed by atoms with Gasteiger partial charge in [-0.1, -0.05) is 66.7 Å². The molecule has 0 unspecified atom stereocenters. The predicted molar refractivity (Wildman–Crippen MR) is 153 cm³/mol. The van der Waals surface area contributed by atoms with Gasteiger partial charge in [-0.3, -0.25) is 9.78 Å². The first-order valence-electron chi connectivity index (χ1n) is 13.4. The molecule has 206 valence electrons. The van der Waals surface area contributed by atoms with Crippen LogP contribution < -0.4 is 5.32 Å². The average Bonchev–Trinajstić information content (AvgIpc) is 3.00. The summed E-state index contributed by atoms with van der Waals surface area (Å²) in [6, 6.07) is 23.2. The Bertz CT molecular complexity index is 1440. The predicted octanol–water partition coefficient (Wildman–Crippen LogP) is 4.72. The molecular formula is C32H34N4O4. The number of aliphatic hydroxyl groups excluding tert-OH is 1. The van der Waals surface area contributed by atoms with Gasteiger partial charge in [0.1, 0.15) is 5.69 Å². The quantitative estimate of drug-likeness (QED) is 0.282. The first-order valence-corrected chi connectivity index (χ1v) is 13.4. The molecule has 8 nitrogen and oxygen atoms in total. The van der Waals surface area contributed by atoms with E-state index in [2.05, 4.69) is 26.8 Å². The number of benzene rings is 3. The van der Waals surface area contributed by atoms with Crippen molar-refractivity contribution >= 4 is 16.9 Å². The van der Waals surface area contributed by atoms with Gasteiger partial charge >= 0.3 is 0 Å². The highest BCUT2D eigenvalue weighted by atomic mass is 16.7. The van der Waals surface area contributed by atoms with Gasteiger partial charge in [0.2, 0.25) is 0 Å². The van der Waals surface area contributed by atoms with Crippen molar-refractivity contribution in [3.05, 3.63) is 120 Å². The monoisotopic (exact) mass is 538 g/mol. The van der Waals surface area contributed by atoms with Crippen LogP contribution in [0, 0.1) is 0 Å². The molecule has 5 rings (SSSR count).